The lowest BCUT2D eigenvalue weighted by molar-refractivity contribution is -0.683. The maximum Gasteiger partial charge on any atom is 0.328 e. The third-order valence-electron chi connectivity index (χ3n) is 3.51. The first kappa shape index (κ1) is 14.9. The monoisotopic (exact) mass is 405 g/mol. The molecular weight excluding hydrogens is 396 g/mol. The highest BCUT2D eigenvalue weighted by molar-refractivity contribution is 9.10. The van der Waals surface area contributed by atoms with E-state index >= 15 is 0 Å². The van der Waals surface area contributed by atoms with Crippen LogP contribution < -0.4 is 4.68 Å². The minimum absolute atomic E-state index is 0.707. The van der Waals surface area contributed by atoms with Crippen LogP contribution in [0, 0.1) is 0 Å². The highest BCUT2D eigenvalue weighted by atomic mass is 79.9. The van der Waals surface area contributed by atoms with Crippen LogP contribution in [0.25, 0.3) is 11.4 Å². The van der Waals surface area contributed by atoms with E-state index in [9.17, 15) is 0 Å². The molecule has 1 aliphatic rings. The molecule has 2 aromatic carbocycles. The van der Waals surface area contributed by atoms with Crippen LogP contribution in [0.1, 0.15) is 5.56 Å². The normalized spacial score (nSPS) is 13.6. The van der Waals surface area contributed by atoms with E-state index in [0.29, 0.717) is 5.02 Å². The largest absolute Gasteiger partial charge is 0.328 e. The summed E-state index contributed by atoms with van der Waals surface area (Å²) >= 11 is 11.1. The van der Waals surface area contributed by atoms with Crippen molar-refractivity contribution in [1.29, 1.82) is 0 Å². The molecule has 1 aromatic heterocycles. The number of thioether (sulfide) groups is 1. The second-order valence-electron chi connectivity index (χ2n) is 4.97. The molecule has 0 saturated heterocycles. The highest BCUT2D eigenvalue weighted by Crippen LogP contribution is 2.26. The maximum absolute atomic E-state index is 5.96. The van der Waals surface area contributed by atoms with Gasteiger partial charge >= 0.3 is 5.16 Å². The Bertz CT molecular complexity index is 887. The van der Waals surface area contributed by atoms with Gasteiger partial charge in [0.2, 0.25) is 0 Å². The number of rotatable bonds is 2. The highest BCUT2D eigenvalue weighted by Gasteiger charge is 2.29. The van der Waals surface area contributed by atoms with E-state index in [-0.39, 0.29) is 0 Å². The number of benzene rings is 2. The van der Waals surface area contributed by atoms with E-state index in [4.69, 9.17) is 11.6 Å². The maximum atomic E-state index is 5.96. The van der Waals surface area contributed by atoms with E-state index in [1.54, 1.807) is 11.8 Å². The van der Waals surface area contributed by atoms with Crippen molar-refractivity contribution >= 4 is 45.0 Å². The molecule has 0 atom stereocenters. The Morgan fingerprint density at radius 3 is 2.57 bits per heavy atom. The Kier molecular flexibility index (Phi) is 3.97. The fourth-order valence-electron chi connectivity index (χ4n) is 2.41. The molecule has 7 heteroatoms. The molecule has 0 fully saturated rings. The molecule has 0 radical (unpaired) electrons. The van der Waals surface area contributed by atoms with Gasteiger partial charge in [0.25, 0.3) is 0 Å². The van der Waals surface area contributed by atoms with Gasteiger partial charge in [-0.3, -0.25) is 0 Å². The average molecular weight is 407 g/mol. The van der Waals surface area contributed by atoms with E-state index in [1.165, 1.54) is 0 Å². The van der Waals surface area contributed by atoms with Crippen molar-refractivity contribution < 1.29 is 4.68 Å². The molecule has 0 spiro atoms. The molecule has 4 rings (SSSR count). The van der Waals surface area contributed by atoms with E-state index < -0.39 is 0 Å². The van der Waals surface area contributed by atoms with Gasteiger partial charge in [0.15, 0.2) is 5.21 Å². The lowest BCUT2D eigenvalue weighted by Gasteiger charge is -2.09. The van der Waals surface area contributed by atoms with Crippen LogP contribution in [0.4, 0.5) is 0 Å². The van der Waals surface area contributed by atoms with Gasteiger partial charge in [0.05, 0.1) is 0 Å². The van der Waals surface area contributed by atoms with Gasteiger partial charge in [-0.25, -0.2) is 0 Å². The van der Waals surface area contributed by atoms with Gasteiger partial charge in [-0.05, 0) is 58.9 Å². The first-order valence-corrected chi connectivity index (χ1v) is 9.11. The summed E-state index contributed by atoms with van der Waals surface area (Å²) in [6.45, 7) is 0. The fourth-order valence-corrected chi connectivity index (χ4v) is 3.71. The third-order valence-corrected chi connectivity index (χ3v) is 5.23. The molecule has 0 N–H and O–H groups in total. The first-order valence-electron chi connectivity index (χ1n) is 6.95. The number of tetrazole rings is 1. The minimum Gasteiger partial charge on any atom is -0.0915 e. The molecule has 1 aliphatic heterocycles. The van der Waals surface area contributed by atoms with Crippen molar-refractivity contribution in [1.82, 2.24) is 15.1 Å². The second-order valence-corrected chi connectivity index (χ2v) is 7.31. The predicted molar refractivity (Wildman–Crippen MR) is 94.8 cm³/mol. The van der Waals surface area contributed by atoms with E-state index in [0.717, 1.165) is 32.3 Å². The third kappa shape index (κ3) is 2.82. The van der Waals surface area contributed by atoms with Crippen molar-refractivity contribution in [2.45, 2.75) is 5.16 Å². The van der Waals surface area contributed by atoms with E-state index in [2.05, 4.69) is 44.6 Å². The van der Waals surface area contributed by atoms with Crippen molar-refractivity contribution in [3.63, 3.8) is 0 Å². The molecular formula is C16H11BrClN4S+. The Hall–Kier alpha value is -1.63. The Labute approximate surface area is 150 Å². The number of aromatic nitrogens is 4. The van der Waals surface area contributed by atoms with Crippen molar-refractivity contribution in [3.8, 4) is 5.69 Å². The van der Waals surface area contributed by atoms with Gasteiger partial charge in [-0.15, -0.1) is 0 Å². The van der Waals surface area contributed by atoms with Crippen LogP contribution in [-0.4, -0.2) is 20.9 Å². The summed E-state index contributed by atoms with van der Waals surface area (Å²) in [5, 5.41) is 10.3. The van der Waals surface area contributed by atoms with Gasteiger partial charge in [-0.2, -0.15) is 0 Å². The molecule has 0 unspecified atom stereocenters. The summed E-state index contributed by atoms with van der Waals surface area (Å²) in [5.41, 5.74) is 3.11. The lowest BCUT2D eigenvalue weighted by atomic mass is 10.1. The standard InChI is InChI=1S/C16H11BrClN4S/c17-12-3-1-11(2-4-12)15-9-10-23-16-21(19-20-22(15)16)14-7-5-13(18)6-8-14/h1-9H,10H2/q+1. The van der Waals surface area contributed by atoms with Crippen LogP contribution in [0.5, 0.6) is 0 Å². The second kappa shape index (κ2) is 6.11. The molecule has 23 heavy (non-hydrogen) atoms. The zero-order valence-electron chi connectivity index (χ0n) is 11.9. The van der Waals surface area contributed by atoms with Crippen LogP contribution in [0.3, 0.4) is 0 Å². The van der Waals surface area contributed by atoms with Crippen LogP contribution in [0.2, 0.25) is 5.02 Å². The molecule has 0 aliphatic carbocycles. The topological polar surface area (TPSA) is 34.6 Å². The van der Waals surface area contributed by atoms with Crippen LogP contribution in [-0.2, 0) is 0 Å². The number of halogens is 2. The molecule has 0 saturated carbocycles. The van der Waals surface area contributed by atoms with Gasteiger partial charge in [-0.1, -0.05) is 44.3 Å². The van der Waals surface area contributed by atoms with Gasteiger partial charge in [0, 0.05) is 20.8 Å². The summed E-state index contributed by atoms with van der Waals surface area (Å²) in [6, 6.07) is 15.8. The van der Waals surface area contributed by atoms with Crippen LogP contribution >= 0.6 is 39.3 Å². The number of fused-ring (bicyclic) bond motifs is 1. The minimum atomic E-state index is 0.707. The molecule has 0 amide bonds. The van der Waals surface area contributed by atoms with Crippen molar-refractivity contribution in [2.24, 2.45) is 0 Å². The zero-order valence-corrected chi connectivity index (χ0v) is 15.0. The Morgan fingerprint density at radius 2 is 1.83 bits per heavy atom. The SMILES string of the molecule is Clc1ccc(-n2nn[n+]3c2SCC=C3c2ccc(Br)cc2)cc1. The van der Waals surface area contributed by atoms with Gasteiger partial charge in [0.1, 0.15) is 16.6 Å². The average Bonchev–Trinajstić information content (AvgIpc) is 3.00. The van der Waals surface area contributed by atoms with Crippen molar-refractivity contribution in [3.05, 3.63) is 69.7 Å². The summed E-state index contributed by atoms with van der Waals surface area (Å²) < 4.78 is 4.78. The smallest absolute Gasteiger partial charge is 0.0915 e. The summed E-state index contributed by atoms with van der Waals surface area (Å²) in [5.74, 6) is 0.881. The summed E-state index contributed by atoms with van der Waals surface area (Å²) in [6.07, 6.45) is 2.17. The summed E-state index contributed by atoms with van der Waals surface area (Å²) in [4.78, 5) is 0. The quantitative estimate of drug-likeness (QED) is 0.604. The number of hydrogen-bond donors (Lipinski definition) is 0. The van der Waals surface area contributed by atoms with Crippen LogP contribution in [0.15, 0.2) is 64.2 Å². The van der Waals surface area contributed by atoms with E-state index in [1.807, 2.05) is 45.8 Å². The number of nitrogens with zero attached hydrogens (tertiary/aromatic N) is 4. The Morgan fingerprint density at radius 1 is 1.09 bits per heavy atom. The molecule has 3 aromatic rings. The molecule has 2 heterocycles. The zero-order chi connectivity index (χ0) is 15.8. The Balaban J connectivity index is 1.78. The molecule has 114 valence electrons. The van der Waals surface area contributed by atoms with Gasteiger partial charge < -0.3 is 0 Å². The number of hydrogen-bond acceptors (Lipinski definition) is 3. The molecule has 0 bridgehead atoms. The summed E-state index contributed by atoms with van der Waals surface area (Å²) in [7, 11) is 0. The predicted octanol–water partition coefficient (Wildman–Crippen LogP) is 3.97. The van der Waals surface area contributed by atoms with Crippen molar-refractivity contribution in [2.75, 3.05) is 5.75 Å². The fraction of sp³-hybridized carbons (Fsp3) is 0.0625. The first-order chi connectivity index (χ1) is 11.2. The lowest BCUT2D eigenvalue weighted by Crippen LogP contribution is -2.39. The molecule has 4 nitrogen and oxygen atoms in total.